The Balaban J connectivity index is 1.22. The van der Waals surface area contributed by atoms with Crippen LogP contribution in [0.2, 0.25) is 0 Å². The first-order valence-corrected chi connectivity index (χ1v) is 16.1. The van der Waals surface area contributed by atoms with Crippen molar-refractivity contribution < 1.29 is 4.42 Å². The molecule has 0 N–H and O–H groups in total. The van der Waals surface area contributed by atoms with Crippen LogP contribution in [-0.2, 0) is 5.41 Å². The molecule has 0 amide bonds. The second-order valence-corrected chi connectivity index (χ2v) is 12.7. The van der Waals surface area contributed by atoms with Crippen molar-refractivity contribution in [2.24, 2.45) is 0 Å². The van der Waals surface area contributed by atoms with Crippen molar-refractivity contribution in [3.8, 4) is 33.8 Å². The number of furan rings is 1. The smallest absolute Gasteiger partial charge is 0.183 e. The molecule has 0 unspecified atom stereocenters. The molecule has 0 radical (unpaired) electrons. The summed E-state index contributed by atoms with van der Waals surface area (Å²) in [6, 6.07) is 38.9. The first kappa shape index (κ1) is 24.6. The van der Waals surface area contributed by atoms with E-state index in [0.717, 1.165) is 55.8 Å². The Kier molecular flexibility index (Phi) is 4.31. The van der Waals surface area contributed by atoms with Crippen LogP contribution in [0.5, 0.6) is 0 Å². The molecule has 1 spiro atoms. The van der Waals surface area contributed by atoms with Crippen molar-refractivity contribution in [1.29, 1.82) is 0 Å². The number of para-hydroxylation sites is 1. The molecule has 0 bridgehead atoms. The molecule has 10 aromatic rings. The maximum Gasteiger partial charge on any atom is 0.183 e. The molecule has 222 valence electrons. The summed E-state index contributed by atoms with van der Waals surface area (Å²) in [4.78, 5) is 19.9. The lowest BCUT2D eigenvalue weighted by Gasteiger charge is -2.29. The number of fused-ring (bicyclic) bond motifs is 20. The fraction of sp³-hybridized carbons (Fsp3) is 0.0244. The van der Waals surface area contributed by atoms with Gasteiger partial charge in [0.1, 0.15) is 11.2 Å². The molecule has 2 aliphatic rings. The van der Waals surface area contributed by atoms with Crippen LogP contribution in [0.1, 0.15) is 22.3 Å². The topological polar surface area (TPSA) is 73.5 Å². The summed E-state index contributed by atoms with van der Waals surface area (Å²) in [6.07, 6.45) is 7.30. The van der Waals surface area contributed by atoms with Crippen LogP contribution >= 0.6 is 0 Å². The van der Waals surface area contributed by atoms with Crippen molar-refractivity contribution in [1.82, 2.24) is 28.7 Å². The molecule has 6 heterocycles. The second-order valence-electron chi connectivity index (χ2n) is 12.7. The third-order valence-corrected chi connectivity index (χ3v) is 10.5. The van der Waals surface area contributed by atoms with Crippen LogP contribution in [0.4, 0.5) is 0 Å². The van der Waals surface area contributed by atoms with Crippen LogP contribution in [0.25, 0.3) is 78.2 Å². The van der Waals surface area contributed by atoms with E-state index in [-0.39, 0.29) is 0 Å². The van der Waals surface area contributed by atoms with E-state index in [1.165, 1.54) is 38.9 Å². The van der Waals surface area contributed by atoms with E-state index in [1.807, 2.05) is 36.7 Å². The Morgan fingerprint density at radius 3 is 1.92 bits per heavy atom. The predicted octanol–water partition coefficient (Wildman–Crippen LogP) is 8.84. The monoisotopic (exact) mass is 614 g/mol. The van der Waals surface area contributed by atoms with Gasteiger partial charge in [0, 0.05) is 41.0 Å². The van der Waals surface area contributed by atoms with Crippen LogP contribution in [0.3, 0.4) is 0 Å². The van der Waals surface area contributed by atoms with Crippen molar-refractivity contribution in [2.45, 2.75) is 5.41 Å². The molecule has 48 heavy (non-hydrogen) atoms. The average Bonchev–Trinajstić information content (AvgIpc) is 3.95. The van der Waals surface area contributed by atoms with Gasteiger partial charge in [0.2, 0.25) is 0 Å². The van der Waals surface area contributed by atoms with E-state index in [0.29, 0.717) is 5.65 Å². The van der Waals surface area contributed by atoms with E-state index in [9.17, 15) is 0 Å². The molecule has 2 aliphatic carbocycles. The summed E-state index contributed by atoms with van der Waals surface area (Å²) in [5.41, 5.74) is 16.0. The minimum atomic E-state index is -0.472. The highest BCUT2D eigenvalue weighted by Crippen LogP contribution is 2.63. The molecular weight excluding hydrogens is 592 g/mol. The quantitative estimate of drug-likeness (QED) is 0.185. The molecular formula is C41H22N6O. The summed E-state index contributed by atoms with van der Waals surface area (Å²) >= 11 is 0. The van der Waals surface area contributed by atoms with Gasteiger partial charge in [0.15, 0.2) is 16.9 Å². The van der Waals surface area contributed by atoms with E-state index in [4.69, 9.17) is 24.4 Å². The van der Waals surface area contributed by atoms with Gasteiger partial charge < -0.3 is 4.42 Å². The lowest BCUT2D eigenvalue weighted by atomic mass is 9.71. The van der Waals surface area contributed by atoms with E-state index in [2.05, 4.69) is 93.7 Å². The van der Waals surface area contributed by atoms with E-state index >= 15 is 0 Å². The number of hydrogen-bond donors (Lipinski definition) is 0. The third-order valence-electron chi connectivity index (χ3n) is 10.5. The molecule has 4 aromatic carbocycles. The van der Waals surface area contributed by atoms with Gasteiger partial charge in [0.25, 0.3) is 0 Å². The standard InChI is InChI=1S/C41H22N6O/c1-5-13-28-23(9-1)24-10-2-6-14-29(24)41(28)30-15-7-3-12-26(30)37-31(41)19-33-38-45-22-34(47(38)40-39(46(33)37)42-17-18-43-40)32-20-36-27(21-44-32)25-11-4-8-16-35(25)48-36/h1-22H. The number of aromatic nitrogens is 6. The fourth-order valence-electron chi connectivity index (χ4n) is 8.75. The van der Waals surface area contributed by atoms with Gasteiger partial charge in [0.05, 0.1) is 34.2 Å². The van der Waals surface area contributed by atoms with Crippen LogP contribution in [-0.4, -0.2) is 28.7 Å². The molecule has 12 rings (SSSR count). The Labute approximate surface area is 272 Å². The Morgan fingerprint density at radius 1 is 0.500 bits per heavy atom. The third kappa shape index (κ3) is 2.71. The molecule has 0 saturated heterocycles. The summed E-state index contributed by atoms with van der Waals surface area (Å²) in [7, 11) is 0. The highest BCUT2D eigenvalue weighted by molar-refractivity contribution is 6.05. The number of nitrogens with zero attached hydrogens (tertiary/aromatic N) is 6. The Hall–Kier alpha value is -6.60. The zero-order valence-electron chi connectivity index (χ0n) is 25.3. The van der Waals surface area contributed by atoms with Gasteiger partial charge >= 0.3 is 0 Å². The van der Waals surface area contributed by atoms with Crippen LogP contribution < -0.4 is 0 Å². The van der Waals surface area contributed by atoms with Gasteiger partial charge in [-0.2, -0.15) is 0 Å². The number of hydrogen-bond acceptors (Lipinski definition) is 5. The Morgan fingerprint density at radius 2 is 1.15 bits per heavy atom. The molecule has 6 aromatic heterocycles. The summed E-state index contributed by atoms with van der Waals surface area (Å²) in [6.45, 7) is 0. The lowest BCUT2D eigenvalue weighted by Crippen LogP contribution is -2.25. The maximum absolute atomic E-state index is 6.24. The molecule has 0 fully saturated rings. The summed E-state index contributed by atoms with van der Waals surface area (Å²) < 4.78 is 10.6. The van der Waals surface area contributed by atoms with Gasteiger partial charge in [-0.1, -0.05) is 91.0 Å². The van der Waals surface area contributed by atoms with Crippen molar-refractivity contribution in [2.75, 3.05) is 0 Å². The van der Waals surface area contributed by atoms with E-state index in [1.54, 1.807) is 12.4 Å². The highest BCUT2D eigenvalue weighted by Gasteiger charge is 2.53. The Bertz CT molecular complexity index is 2990. The highest BCUT2D eigenvalue weighted by atomic mass is 16.3. The normalized spacial score (nSPS) is 14.0. The summed E-state index contributed by atoms with van der Waals surface area (Å²) in [5, 5.41) is 2.04. The number of benzene rings is 4. The first-order chi connectivity index (χ1) is 23.8. The summed E-state index contributed by atoms with van der Waals surface area (Å²) in [5.74, 6) is 0. The fourth-order valence-corrected chi connectivity index (χ4v) is 8.75. The molecule has 7 heteroatoms. The number of imidazole rings is 1. The first-order valence-electron chi connectivity index (χ1n) is 16.1. The zero-order valence-corrected chi connectivity index (χ0v) is 25.3. The molecule has 0 saturated carbocycles. The minimum absolute atomic E-state index is 0.472. The van der Waals surface area contributed by atoms with Crippen LogP contribution in [0.15, 0.2) is 138 Å². The molecule has 0 atom stereocenters. The van der Waals surface area contributed by atoms with Crippen LogP contribution in [0, 0.1) is 0 Å². The molecule has 0 aliphatic heterocycles. The van der Waals surface area contributed by atoms with Crippen molar-refractivity contribution in [3.05, 3.63) is 156 Å². The predicted molar refractivity (Wildman–Crippen MR) is 186 cm³/mol. The largest absolute Gasteiger partial charge is 0.456 e. The molecule has 7 nitrogen and oxygen atoms in total. The zero-order chi connectivity index (χ0) is 31.1. The van der Waals surface area contributed by atoms with Crippen molar-refractivity contribution >= 4 is 44.4 Å². The second kappa shape index (κ2) is 8.40. The number of rotatable bonds is 1. The van der Waals surface area contributed by atoms with Gasteiger partial charge in [-0.25, -0.2) is 15.0 Å². The van der Waals surface area contributed by atoms with Crippen molar-refractivity contribution in [3.63, 3.8) is 0 Å². The van der Waals surface area contributed by atoms with Gasteiger partial charge in [-0.3, -0.25) is 13.8 Å². The minimum Gasteiger partial charge on any atom is -0.456 e. The maximum atomic E-state index is 6.24. The van der Waals surface area contributed by atoms with Gasteiger partial charge in [-0.05, 0) is 45.5 Å². The number of pyridine rings is 1. The SMILES string of the molecule is c1ccc2c(c1)-c1ccccc1C21c2ccccc2-c2c1cc1c3ncc(-c4cc5oc6ccccc6c5cn4)n3c3nccnc3n21. The van der Waals surface area contributed by atoms with E-state index < -0.39 is 5.41 Å². The average molecular weight is 615 g/mol. The lowest BCUT2D eigenvalue weighted by molar-refractivity contribution is 0.668. The van der Waals surface area contributed by atoms with Gasteiger partial charge in [-0.15, -0.1) is 0 Å².